The molecule has 0 aromatic heterocycles. The van der Waals surface area contributed by atoms with Crippen LogP contribution in [0, 0.1) is 5.92 Å². The maximum atomic E-state index is 11.5. The first-order valence-electron chi connectivity index (χ1n) is 6.18. The molecule has 1 saturated heterocycles. The van der Waals surface area contributed by atoms with Gasteiger partial charge in [-0.3, -0.25) is 0 Å². The van der Waals surface area contributed by atoms with Crippen molar-refractivity contribution in [1.82, 2.24) is 0 Å². The lowest BCUT2D eigenvalue weighted by molar-refractivity contribution is -0.272. The molecule has 5 heteroatoms. The molecule has 104 valence electrons. The van der Waals surface area contributed by atoms with Gasteiger partial charge in [-0.25, -0.2) is 4.79 Å². The average Bonchev–Trinajstić information content (AvgIpc) is 2.43. The number of carbonyl (C=O) groups excluding carboxylic acids is 1. The lowest BCUT2D eigenvalue weighted by atomic mass is 9.99. The summed E-state index contributed by atoms with van der Waals surface area (Å²) in [5.74, 6) is -1.38. The Bertz CT molecular complexity index is 432. The van der Waals surface area contributed by atoms with Crippen LogP contribution in [-0.2, 0) is 25.4 Å². The van der Waals surface area contributed by atoms with Gasteiger partial charge in [0.25, 0.3) is 5.79 Å². The van der Waals surface area contributed by atoms with Crippen LogP contribution in [0.15, 0.2) is 24.3 Å². The van der Waals surface area contributed by atoms with E-state index in [0.29, 0.717) is 13.2 Å². The second-order valence-electron chi connectivity index (χ2n) is 4.80. The fourth-order valence-corrected chi connectivity index (χ4v) is 2.03. The molecule has 1 aliphatic heterocycles. The lowest BCUT2D eigenvalue weighted by Crippen LogP contribution is -2.48. The molecule has 0 atom stereocenters. The lowest BCUT2D eigenvalue weighted by Gasteiger charge is -2.35. The molecule has 0 bridgehead atoms. The number of carbonyl (C=O) groups is 1. The number of esters is 1. The smallest absolute Gasteiger partial charge is 0.366 e. The van der Waals surface area contributed by atoms with E-state index in [4.69, 9.17) is 9.47 Å². The molecule has 0 radical (unpaired) electrons. The summed E-state index contributed by atoms with van der Waals surface area (Å²) in [4.78, 5) is 11.5. The van der Waals surface area contributed by atoms with Gasteiger partial charge in [0.2, 0.25) is 0 Å². The first kappa shape index (κ1) is 13.8. The van der Waals surface area contributed by atoms with Crippen molar-refractivity contribution in [2.24, 2.45) is 5.92 Å². The van der Waals surface area contributed by atoms with Crippen LogP contribution < -0.4 is 0 Å². The van der Waals surface area contributed by atoms with E-state index in [-0.39, 0.29) is 11.7 Å². The zero-order valence-electron chi connectivity index (χ0n) is 11.1. The van der Waals surface area contributed by atoms with E-state index in [1.54, 1.807) is 19.1 Å². The molecule has 19 heavy (non-hydrogen) atoms. The molecule has 1 aromatic rings. The molecule has 5 nitrogen and oxygen atoms in total. The van der Waals surface area contributed by atoms with Gasteiger partial charge < -0.3 is 19.3 Å². The molecular weight excluding hydrogens is 248 g/mol. The van der Waals surface area contributed by atoms with E-state index < -0.39 is 11.8 Å². The van der Waals surface area contributed by atoms with Gasteiger partial charge in [-0.15, -0.1) is 0 Å². The van der Waals surface area contributed by atoms with Crippen molar-refractivity contribution in [2.75, 3.05) is 20.3 Å². The molecule has 0 amide bonds. The number of rotatable bonds is 3. The largest absolute Gasteiger partial charge is 0.508 e. The van der Waals surface area contributed by atoms with Crippen molar-refractivity contribution < 1.29 is 24.1 Å². The van der Waals surface area contributed by atoms with Crippen LogP contribution in [0.25, 0.3) is 0 Å². The zero-order chi connectivity index (χ0) is 13.9. The number of phenols is 1. The average molecular weight is 266 g/mol. The second kappa shape index (κ2) is 5.59. The first-order valence-corrected chi connectivity index (χ1v) is 6.18. The predicted molar refractivity (Wildman–Crippen MR) is 67.6 cm³/mol. The first-order chi connectivity index (χ1) is 9.03. The van der Waals surface area contributed by atoms with Crippen LogP contribution in [0.5, 0.6) is 5.75 Å². The summed E-state index contributed by atoms with van der Waals surface area (Å²) in [6.45, 7) is 2.44. The molecule has 1 heterocycles. The third-order valence-corrected chi connectivity index (χ3v) is 3.21. The Balaban J connectivity index is 1.90. The normalized spacial score (nSPS) is 26.9. The van der Waals surface area contributed by atoms with Crippen molar-refractivity contribution in [1.29, 1.82) is 0 Å². The van der Waals surface area contributed by atoms with Crippen LogP contribution in [-0.4, -0.2) is 37.2 Å². The van der Waals surface area contributed by atoms with Gasteiger partial charge in [0.05, 0.1) is 20.3 Å². The van der Waals surface area contributed by atoms with Crippen LogP contribution in [0.3, 0.4) is 0 Å². The van der Waals surface area contributed by atoms with Crippen LogP contribution in [0.2, 0.25) is 0 Å². The summed E-state index contributed by atoms with van der Waals surface area (Å²) in [5, 5.41) is 9.22. The molecule has 0 spiro atoms. The highest BCUT2D eigenvalue weighted by atomic mass is 16.7. The van der Waals surface area contributed by atoms with Crippen LogP contribution >= 0.6 is 0 Å². The highest BCUT2D eigenvalue weighted by molar-refractivity contribution is 5.77. The standard InChI is InChI=1S/C14H18O5/c1-14(13(16)17-2)18-8-11(9-19-14)7-10-3-5-12(15)6-4-10/h3-6,11,15H,7-9H2,1-2H3/t11-,14-. The maximum Gasteiger partial charge on any atom is 0.366 e. The summed E-state index contributed by atoms with van der Waals surface area (Å²) < 4.78 is 15.6. The number of hydrogen-bond acceptors (Lipinski definition) is 5. The predicted octanol–water partition coefficient (Wildman–Crippen LogP) is 1.49. The van der Waals surface area contributed by atoms with Crippen molar-refractivity contribution in [3.05, 3.63) is 29.8 Å². The third-order valence-electron chi connectivity index (χ3n) is 3.21. The summed E-state index contributed by atoms with van der Waals surface area (Å²) in [5.41, 5.74) is 1.09. The topological polar surface area (TPSA) is 65.0 Å². The quantitative estimate of drug-likeness (QED) is 0.840. The Morgan fingerprint density at radius 3 is 2.47 bits per heavy atom. The van der Waals surface area contributed by atoms with E-state index in [1.165, 1.54) is 7.11 Å². The monoisotopic (exact) mass is 266 g/mol. The zero-order valence-corrected chi connectivity index (χ0v) is 11.1. The number of benzene rings is 1. The van der Waals surface area contributed by atoms with E-state index >= 15 is 0 Å². The Kier molecular flexibility index (Phi) is 4.07. The minimum absolute atomic E-state index is 0.183. The Labute approximate surface area is 112 Å². The van der Waals surface area contributed by atoms with E-state index in [1.807, 2.05) is 12.1 Å². The number of methoxy groups -OCH3 is 1. The number of aromatic hydroxyl groups is 1. The number of ether oxygens (including phenoxy) is 3. The van der Waals surface area contributed by atoms with Gasteiger partial charge in [-0.1, -0.05) is 12.1 Å². The van der Waals surface area contributed by atoms with Gasteiger partial charge in [0.1, 0.15) is 5.75 Å². The number of phenolic OH excluding ortho intramolecular Hbond substituents is 1. The van der Waals surface area contributed by atoms with Crippen molar-refractivity contribution in [3.63, 3.8) is 0 Å². The SMILES string of the molecule is COC(=O)[C@]1(C)OC[C@@H](Cc2ccc(O)cc2)CO1. The fraction of sp³-hybridized carbons (Fsp3) is 0.500. The van der Waals surface area contributed by atoms with Gasteiger partial charge in [-0.05, 0) is 24.1 Å². The maximum absolute atomic E-state index is 11.5. The molecule has 2 rings (SSSR count). The second-order valence-corrected chi connectivity index (χ2v) is 4.80. The Hall–Kier alpha value is -1.59. The highest BCUT2D eigenvalue weighted by Gasteiger charge is 2.41. The molecular formula is C14H18O5. The summed E-state index contributed by atoms with van der Waals surface area (Å²) >= 11 is 0. The molecule has 1 N–H and O–H groups in total. The summed E-state index contributed by atoms with van der Waals surface area (Å²) in [6, 6.07) is 7.03. The van der Waals surface area contributed by atoms with Crippen molar-refractivity contribution >= 4 is 5.97 Å². The van der Waals surface area contributed by atoms with Gasteiger partial charge in [-0.2, -0.15) is 0 Å². The molecule has 1 aromatic carbocycles. The van der Waals surface area contributed by atoms with E-state index in [2.05, 4.69) is 4.74 Å². The van der Waals surface area contributed by atoms with Crippen LogP contribution in [0.1, 0.15) is 12.5 Å². The van der Waals surface area contributed by atoms with Gasteiger partial charge in [0, 0.05) is 12.8 Å². The van der Waals surface area contributed by atoms with Crippen LogP contribution in [0.4, 0.5) is 0 Å². The Morgan fingerprint density at radius 1 is 1.37 bits per heavy atom. The minimum atomic E-state index is -1.29. The highest BCUT2D eigenvalue weighted by Crippen LogP contribution is 2.25. The van der Waals surface area contributed by atoms with Gasteiger partial charge >= 0.3 is 5.97 Å². The van der Waals surface area contributed by atoms with Gasteiger partial charge in [0.15, 0.2) is 0 Å². The fourth-order valence-electron chi connectivity index (χ4n) is 2.03. The summed E-state index contributed by atoms with van der Waals surface area (Å²) in [7, 11) is 1.31. The van der Waals surface area contributed by atoms with E-state index in [0.717, 1.165) is 12.0 Å². The molecule has 1 aliphatic rings. The van der Waals surface area contributed by atoms with Crippen molar-refractivity contribution in [2.45, 2.75) is 19.1 Å². The summed E-state index contributed by atoms with van der Waals surface area (Å²) in [6.07, 6.45) is 0.775. The minimum Gasteiger partial charge on any atom is -0.508 e. The van der Waals surface area contributed by atoms with E-state index in [9.17, 15) is 9.90 Å². The Morgan fingerprint density at radius 2 is 1.95 bits per heavy atom. The third kappa shape index (κ3) is 3.24. The molecule has 0 saturated carbocycles. The van der Waals surface area contributed by atoms with Crippen molar-refractivity contribution in [3.8, 4) is 5.75 Å². The number of hydrogen-bond donors (Lipinski definition) is 1. The molecule has 1 fully saturated rings. The molecule has 0 aliphatic carbocycles. The molecule has 0 unspecified atom stereocenters.